The van der Waals surface area contributed by atoms with Crippen LogP contribution in [0.3, 0.4) is 0 Å². The molecule has 1 heterocycles. The number of hydrogen-bond acceptors (Lipinski definition) is 6. The average molecular weight is 463 g/mol. The van der Waals surface area contributed by atoms with Gasteiger partial charge in [-0.1, -0.05) is 26.0 Å². The number of hydrogen-bond donors (Lipinski definition) is 1. The molecule has 2 aromatic rings. The summed E-state index contributed by atoms with van der Waals surface area (Å²) in [5, 5.41) is 2.99. The van der Waals surface area contributed by atoms with Crippen molar-refractivity contribution >= 4 is 21.6 Å². The van der Waals surface area contributed by atoms with Crippen LogP contribution in [0.25, 0.3) is 0 Å². The van der Waals surface area contributed by atoms with E-state index in [1.54, 1.807) is 25.3 Å². The first-order valence-corrected chi connectivity index (χ1v) is 12.3. The highest BCUT2D eigenvalue weighted by Crippen LogP contribution is 2.34. The Kier molecular flexibility index (Phi) is 7.50. The quantitative estimate of drug-likeness (QED) is 0.615. The largest absolute Gasteiger partial charge is 0.497 e. The van der Waals surface area contributed by atoms with Gasteiger partial charge in [-0.3, -0.25) is 9.10 Å². The van der Waals surface area contributed by atoms with Crippen LogP contribution in [0.2, 0.25) is 0 Å². The van der Waals surface area contributed by atoms with Gasteiger partial charge in [0.2, 0.25) is 15.9 Å². The third kappa shape index (κ3) is 6.06. The predicted octanol–water partition coefficient (Wildman–Crippen LogP) is 3.14. The molecule has 1 amide bonds. The number of benzene rings is 2. The Bertz CT molecular complexity index is 1040. The van der Waals surface area contributed by atoms with E-state index < -0.39 is 15.9 Å². The van der Waals surface area contributed by atoms with Crippen molar-refractivity contribution in [3.8, 4) is 17.2 Å². The number of carbonyl (C=O) groups is 1. The van der Waals surface area contributed by atoms with E-state index in [0.29, 0.717) is 42.7 Å². The molecular weight excluding hydrogens is 432 g/mol. The van der Waals surface area contributed by atoms with Gasteiger partial charge in [0, 0.05) is 6.07 Å². The number of rotatable bonds is 9. The summed E-state index contributed by atoms with van der Waals surface area (Å²) >= 11 is 0. The van der Waals surface area contributed by atoms with Gasteiger partial charge in [0.05, 0.1) is 25.1 Å². The van der Waals surface area contributed by atoms with E-state index in [-0.39, 0.29) is 12.6 Å². The van der Waals surface area contributed by atoms with Gasteiger partial charge in [-0.15, -0.1) is 0 Å². The maximum atomic E-state index is 13.0. The molecule has 0 saturated carbocycles. The second kappa shape index (κ2) is 10.1. The van der Waals surface area contributed by atoms with Gasteiger partial charge in [0.25, 0.3) is 0 Å². The number of amides is 1. The van der Waals surface area contributed by atoms with Gasteiger partial charge in [-0.2, -0.15) is 0 Å². The zero-order chi connectivity index (χ0) is 23.3. The first-order valence-electron chi connectivity index (χ1n) is 10.5. The number of ether oxygens (including phenoxy) is 3. The Morgan fingerprint density at radius 2 is 1.75 bits per heavy atom. The van der Waals surface area contributed by atoms with E-state index >= 15 is 0 Å². The minimum Gasteiger partial charge on any atom is -0.497 e. The molecule has 0 radical (unpaired) electrons. The van der Waals surface area contributed by atoms with E-state index in [1.807, 2.05) is 24.3 Å². The van der Waals surface area contributed by atoms with Crippen LogP contribution in [-0.2, 0) is 14.8 Å². The highest BCUT2D eigenvalue weighted by atomic mass is 32.2. The minimum absolute atomic E-state index is 0.255. The maximum absolute atomic E-state index is 13.0. The van der Waals surface area contributed by atoms with Crippen LogP contribution >= 0.6 is 0 Å². The van der Waals surface area contributed by atoms with Gasteiger partial charge in [-0.25, -0.2) is 8.42 Å². The summed E-state index contributed by atoms with van der Waals surface area (Å²) in [6.07, 6.45) is 1.78. The summed E-state index contributed by atoms with van der Waals surface area (Å²) < 4.78 is 42.3. The average Bonchev–Trinajstić information content (AvgIpc) is 2.75. The molecule has 0 bridgehead atoms. The topological polar surface area (TPSA) is 94.2 Å². The lowest BCUT2D eigenvalue weighted by Gasteiger charge is -2.26. The molecule has 1 aliphatic heterocycles. The SMILES string of the molecule is COc1ccc([C@H](CC(C)C)NC(=O)CN(c2ccc3c(c2)OCCO3)S(C)(=O)=O)cc1. The molecule has 3 rings (SSSR count). The zero-order valence-corrected chi connectivity index (χ0v) is 19.6. The standard InChI is InChI=1S/C23H30N2O6S/c1-16(2)13-20(17-5-8-19(29-3)9-6-17)24-23(26)15-25(32(4,27)28)18-7-10-21-22(14-18)31-12-11-30-21/h5-10,14,16,20H,11-13,15H2,1-4H3,(H,24,26)/t20-/m0/s1. The normalized spacial score (nSPS) is 14.0. The van der Waals surface area contributed by atoms with Gasteiger partial charge in [0.15, 0.2) is 11.5 Å². The summed E-state index contributed by atoms with van der Waals surface area (Å²) in [4.78, 5) is 13.0. The smallest absolute Gasteiger partial charge is 0.241 e. The lowest BCUT2D eigenvalue weighted by Crippen LogP contribution is -2.41. The summed E-state index contributed by atoms with van der Waals surface area (Å²) in [5.41, 5.74) is 1.27. The summed E-state index contributed by atoms with van der Waals surface area (Å²) in [7, 11) is -2.12. The second-order valence-corrected chi connectivity index (χ2v) is 10.0. The number of carbonyl (C=O) groups excluding carboxylic acids is 1. The Morgan fingerprint density at radius 3 is 2.34 bits per heavy atom. The van der Waals surface area contributed by atoms with Crippen LogP contribution in [0.4, 0.5) is 5.69 Å². The van der Waals surface area contributed by atoms with Crippen molar-refractivity contribution in [1.82, 2.24) is 5.32 Å². The van der Waals surface area contributed by atoms with E-state index in [2.05, 4.69) is 19.2 Å². The molecule has 8 nitrogen and oxygen atoms in total. The molecule has 0 spiro atoms. The van der Waals surface area contributed by atoms with Crippen molar-refractivity contribution in [2.45, 2.75) is 26.3 Å². The summed E-state index contributed by atoms with van der Waals surface area (Å²) in [6, 6.07) is 12.1. The summed E-state index contributed by atoms with van der Waals surface area (Å²) in [6.45, 7) is 4.62. The second-order valence-electron chi connectivity index (χ2n) is 8.12. The fraction of sp³-hybridized carbons (Fsp3) is 0.435. The van der Waals surface area contributed by atoms with Crippen molar-refractivity contribution < 1.29 is 27.4 Å². The fourth-order valence-corrected chi connectivity index (χ4v) is 4.39. The van der Waals surface area contributed by atoms with Crippen molar-refractivity contribution in [2.24, 2.45) is 5.92 Å². The van der Waals surface area contributed by atoms with Gasteiger partial charge < -0.3 is 19.5 Å². The van der Waals surface area contributed by atoms with Gasteiger partial charge in [-0.05, 0) is 42.2 Å². The molecular formula is C23H30N2O6S. The van der Waals surface area contributed by atoms with E-state index in [0.717, 1.165) is 21.9 Å². The molecule has 0 unspecified atom stereocenters. The number of fused-ring (bicyclic) bond motifs is 1. The van der Waals surface area contributed by atoms with Gasteiger partial charge >= 0.3 is 0 Å². The first kappa shape index (κ1) is 23.7. The molecule has 32 heavy (non-hydrogen) atoms. The first-order chi connectivity index (χ1) is 15.2. The molecule has 1 atom stereocenters. The number of anilines is 1. The summed E-state index contributed by atoms with van der Waals surface area (Å²) in [5.74, 6) is 1.66. The highest BCUT2D eigenvalue weighted by Gasteiger charge is 2.25. The van der Waals surface area contributed by atoms with E-state index in [9.17, 15) is 13.2 Å². The lowest BCUT2D eigenvalue weighted by atomic mass is 9.97. The van der Waals surface area contributed by atoms with Crippen molar-refractivity contribution in [3.63, 3.8) is 0 Å². The van der Waals surface area contributed by atoms with Crippen LogP contribution < -0.4 is 23.8 Å². The molecule has 9 heteroatoms. The Morgan fingerprint density at radius 1 is 1.09 bits per heavy atom. The Labute approximate surface area is 189 Å². The fourth-order valence-electron chi connectivity index (χ4n) is 3.54. The Hall–Kier alpha value is -2.94. The molecule has 174 valence electrons. The van der Waals surface area contributed by atoms with Crippen LogP contribution in [0.1, 0.15) is 31.9 Å². The van der Waals surface area contributed by atoms with Crippen LogP contribution in [0.5, 0.6) is 17.2 Å². The van der Waals surface area contributed by atoms with Crippen molar-refractivity contribution in [2.75, 3.05) is 37.4 Å². The Balaban J connectivity index is 1.80. The molecule has 1 aliphatic rings. The van der Waals surface area contributed by atoms with E-state index in [4.69, 9.17) is 14.2 Å². The third-order valence-corrected chi connectivity index (χ3v) is 6.20. The maximum Gasteiger partial charge on any atom is 0.241 e. The third-order valence-electron chi connectivity index (χ3n) is 5.06. The highest BCUT2D eigenvalue weighted by molar-refractivity contribution is 7.92. The predicted molar refractivity (Wildman–Crippen MR) is 123 cm³/mol. The van der Waals surface area contributed by atoms with Crippen LogP contribution in [0, 0.1) is 5.92 Å². The van der Waals surface area contributed by atoms with Crippen molar-refractivity contribution in [3.05, 3.63) is 48.0 Å². The van der Waals surface area contributed by atoms with Crippen molar-refractivity contribution in [1.29, 1.82) is 0 Å². The van der Waals surface area contributed by atoms with E-state index in [1.165, 1.54) is 0 Å². The van der Waals surface area contributed by atoms with Gasteiger partial charge in [0.1, 0.15) is 25.5 Å². The zero-order valence-electron chi connectivity index (χ0n) is 18.8. The molecule has 0 saturated heterocycles. The number of sulfonamides is 1. The molecule has 1 N–H and O–H groups in total. The number of nitrogens with zero attached hydrogens (tertiary/aromatic N) is 1. The lowest BCUT2D eigenvalue weighted by molar-refractivity contribution is -0.120. The monoisotopic (exact) mass is 462 g/mol. The number of methoxy groups -OCH3 is 1. The molecule has 2 aromatic carbocycles. The number of nitrogens with one attached hydrogen (secondary N) is 1. The molecule has 0 aliphatic carbocycles. The van der Waals surface area contributed by atoms with Crippen LogP contribution in [0.15, 0.2) is 42.5 Å². The molecule has 0 fully saturated rings. The van der Waals surface area contributed by atoms with Crippen LogP contribution in [-0.4, -0.2) is 47.4 Å². The minimum atomic E-state index is -3.71. The molecule has 0 aromatic heterocycles.